The van der Waals surface area contributed by atoms with Crippen molar-refractivity contribution >= 4 is 23.3 Å². The molecule has 8 heteroatoms. The van der Waals surface area contributed by atoms with E-state index in [2.05, 4.69) is 5.32 Å². The molecule has 2 aromatic carbocycles. The molecule has 3 N–H and O–H groups in total. The number of nitrogens with one attached hydrogen (secondary N) is 1. The molecule has 144 valence electrons. The Hall–Kier alpha value is -3.81. The summed E-state index contributed by atoms with van der Waals surface area (Å²) >= 11 is 0. The third-order valence-electron chi connectivity index (χ3n) is 4.28. The average molecular weight is 380 g/mol. The molecule has 0 saturated carbocycles. The highest BCUT2D eigenvalue weighted by Crippen LogP contribution is 2.14. The van der Waals surface area contributed by atoms with Crippen LogP contribution in [0.2, 0.25) is 0 Å². The van der Waals surface area contributed by atoms with E-state index in [1.165, 1.54) is 16.8 Å². The summed E-state index contributed by atoms with van der Waals surface area (Å²) in [5.74, 6) is -1.28. The van der Waals surface area contributed by atoms with Gasteiger partial charge in [-0.3, -0.25) is 14.3 Å². The Balaban J connectivity index is 1.73. The van der Waals surface area contributed by atoms with E-state index in [0.29, 0.717) is 17.1 Å². The predicted octanol–water partition coefficient (Wildman–Crippen LogP) is 1.86. The number of para-hydroxylation sites is 1. The lowest BCUT2D eigenvalue weighted by molar-refractivity contribution is -0.119. The van der Waals surface area contributed by atoms with Crippen LogP contribution in [-0.4, -0.2) is 27.8 Å². The molecule has 0 bridgehead atoms. The van der Waals surface area contributed by atoms with E-state index in [9.17, 15) is 14.4 Å². The van der Waals surface area contributed by atoms with Gasteiger partial charge in [-0.2, -0.15) is 0 Å². The highest BCUT2D eigenvalue weighted by atomic mass is 16.5. The number of benzene rings is 2. The average Bonchev–Trinajstić information content (AvgIpc) is 2.90. The number of rotatable bonds is 5. The second-order valence-corrected chi connectivity index (χ2v) is 6.19. The fraction of sp³-hybridized carbons (Fsp3) is 0.150. The molecule has 0 saturated heterocycles. The first kappa shape index (κ1) is 19.0. The van der Waals surface area contributed by atoms with Crippen LogP contribution in [0.25, 0.3) is 5.69 Å². The lowest BCUT2D eigenvalue weighted by Crippen LogP contribution is -2.25. The quantitative estimate of drug-likeness (QED) is 0.519. The zero-order valence-corrected chi connectivity index (χ0v) is 15.5. The van der Waals surface area contributed by atoms with Gasteiger partial charge < -0.3 is 15.8 Å². The van der Waals surface area contributed by atoms with Gasteiger partial charge in [0.05, 0.1) is 16.9 Å². The molecule has 0 aliphatic heterocycles. The number of nitrogen functional groups attached to an aromatic ring is 1. The monoisotopic (exact) mass is 380 g/mol. The number of nitrogens with two attached hydrogens (primary N) is 1. The summed E-state index contributed by atoms with van der Waals surface area (Å²) in [5.41, 5.74) is 7.30. The number of amides is 1. The minimum Gasteiger partial charge on any atom is -0.452 e. The van der Waals surface area contributed by atoms with Crippen LogP contribution >= 0.6 is 0 Å². The van der Waals surface area contributed by atoms with Gasteiger partial charge in [0, 0.05) is 12.7 Å². The Kier molecular flexibility index (Phi) is 5.30. The van der Waals surface area contributed by atoms with Gasteiger partial charge in [0.1, 0.15) is 5.69 Å². The molecule has 0 aliphatic carbocycles. The van der Waals surface area contributed by atoms with E-state index in [1.807, 2.05) is 18.2 Å². The predicted molar refractivity (Wildman–Crippen MR) is 106 cm³/mol. The maximum Gasteiger partial charge on any atom is 0.338 e. The van der Waals surface area contributed by atoms with Gasteiger partial charge in [-0.25, -0.2) is 9.48 Å². The lowest BCUT2D eigenvalue weighted by atomic mass is 10.2. The van der Waals surface area contributed by atoms with Crippen LogP contribution in [0.15, 0.2) is 59.4 Å². The SMILES string of the molecule is Cc1c(NC(=O)COC(=O)c2cccc(N)c2)c(=O)n(-c2ccccc2)n1C. The first-order chi connectivity index (χ1) is 13.4. The molecular weight excluding hydrogens is 360 g/mol. The Morgan fingerprint density at radius 3 is 2.50 bits per heavy atom. The minimum absolute atomic E-state index is 0.136. The molecule has 0 unspecified atom stereocenters. The molecular formula is C20H20N4O4. The number of anilines is 2. The van der Waals surface area contributed by atoms with Gasteiger partial charge in [-0.05, 0) is 37.3 Å². The summed E-state index contributed by atoms with van der Waals surface area (Å²) in [5, 5.41) is 2.53. The lowest BCUT2D eigenvalue weighted by Gasteiger charge is -2.07. The topological polar surface area (TPSA) is 108 Å². The van der Waals surface area contributed by atoms with E-state index in [1.54, 1.807) is 42.9 Å². The van der Waals surface area contributed by atoms with Crippen LogP contribution in [-0.2, 0) is 16.6 Å². The summed E-state index contributed by atoms with van der Waals surface area (Å²) in [6.07, 6.45) is 0. The van der Waals surface area contributed by atoms with E-state index in [4.69, 9.17) is 10.5 Å². The number of ether oxygens (including phenoxy) is 1. The number of nitrogens with zero attached hydrogens (tertiary/aromatic N) is 2. The minimum atomic E-state index is -0.672. The van der Waals surface area contributed by atoms with Crippen molar-refractivity contribution in [2.45, 2.75) is 6.92 Å². The van der Waals surface area contributed by atoms with E-state index < -0.39 is 18.5 Å². The molecule has 1 aromatic heterocycles. The van der Waals surface area contributed by atoms with Gasteiger partial charge in [0.2, 0.25) is 0 Å². The third-order valence-corrected chi connectivity index (χ3v) is 4.28. The van der Waals surface area contributed by atoms with Crippen LogP contribution in [0.3, 0.4) is 0 Å². The van der Waals surface area contributed by atoms with Crippen molar-refractivity contribution in [2.24, 2.45) is 7.05 Å². The summed E-state index contributed by atoms with van der Waals surface area (Å²) in [6.45, 7) is 1.20. The highest BCUT2D eigenvalue weighted by molar-refractivity contribution is 5.96. The Labute approximate surface area is 161 Å². The van der Waals surface area contributed by atoms with Crippen molar-refractivity contribution < 1.29 is 14.3 Å². The van der Waals surface area contributed by atoms with Crippen LogP contribution in [0.5, 0.6) is 0 Å². The number of carbonyl (C=O) groups excluding carboxylic acids is 2. The van der Waals surface area contributed by atoms with E-state index in [0.717, 1.165) is 0 Å². The molecule has 0 aliphatic rings. The van der Waals surface area contributed by atoms with E-state index >= 15 is 0 Å². The van der Waals surface area contributed by atoms with Gasteiger partial charge in [-0.1, -0.05) is 24.3 Å². The molecule has 3 aromatic rings. The second-order valence-electron chi connectivity index (χ2n) is 6.19. The number of carbonyl (C=O) groups is 2. The number of hydrogen-bond donors (Lipinski definition) is 2. The highest BCUT2D eigenvalue weighted by Gasteiger charge is 2.19. The van der Waals surface area contributed by atoms with Crippen LogP contribution in [0.4, 0.5) is 11.4 Å². The second kappa shape index (κ2) is 7.83. The molecule has 1 amide bonds. The molecule has 0 radical (unpaired) electrons. The molecule has 3 rings (SSSR count). The Morgan fingerprint density at radius 2 is 1.82 bits per heavy atom. The molecule has 0 fully saturated rings. The first-order valence-electron chi connectivity index (χ1n) is 8.55. The zero-order valence-electron chi connectivity index (χ0n) is 15.5. The molecule has 0 atom stereocenters. The fourth-order valence-corrected chi connectivity index (χ4v) is 2.77. The zero-order chi connectivity index (χ0) is 20.3. The smallest absolute Gasteiger partial charge is 0.338 e. The van der Waals surface area contributed by atoms with Gasteiger partial charge in [0.25, 0.3) is 11.5 Å². The van der Waals surface area contributed by atoms with Crippen molar-refractivity contribution in [3.05, 3.63) is 76.2 Å². The maximum absolute atomic E-state index is 12.7. The summed E-state index contributed by atoms with van der Waals surface area (Å²) < 4.78 is 8.09. The van der Waals surface area contributed by atoms with E-state index in [-0.39, 0.29) is 16.8 Å². The number of hydrogen-bond acceptors (Lipinski definition) is 5. The maximum atomic E-state index is 12.7. The van der Waals surface area contributed by atoms with Crippen molar-refractivity contribution in [2.75, 3.05) is 17.7 Å². The molecule has 28 heavy (non-hydrogen) atoms. The number of esters is 1. The largest absolute Gasteiger partial charge is 0.452 e. The van der Waals surface area contributed by atoms with Crippen molar-refractivity contribution in [3.63, 3.8) is 0 Å². The first-order valence-corrected chi connectivity index (χ1v) is 8.55. The number of aromatic nitrogens is 2. The fourth-order valence-electron chi connectivity index (χ4n) is 2.77. The van der Waals surface area contributed by atoms with Gasteiger partial charge in [-0.15, -0.1) is 0 Å². The summed E-state index contributed by atoms with van der Waals surface area (Å²) in [7, 11) is 1.72. The van der Waals surface area contributed by atoms with Crippen LogP contribution in [0, 0.1) is 6.92 Å². The van der Waals surface area contributed by atoms with Crippen molar-refractivity contribution in [3.8, 4) is 5.69 Å². The summed E-state index contributed by atoms with van der Waals surface area (Å²) in [4.78, 5) is 37.0. The summed E-state index contributed by atoms with van der Waals surface area (Å²) in [6, 6.07) is 15.3. The van der Waals surface area contributed by atoms with Crippen molar-refractivity contribution in [1.82, 2.24) is 9.36 Å². The van der Waals surface area contributed by atoms with Crippen molar-refractivity contribution in [1.29, 1.82) is 0 Å². The van der Waals surface area contributed by atoms with Crippen LogP contribution < -0.4 is 16.6 Å². The Morgan fingerprint density at radius 1 is 1.11 bits per heavy atom. The van der Waals surface area contributed by atoms with Crippen LogP contribution in [0.1, 0.15) is 16.1 Å². The van der Waals surface area contributed by atoms with Gasteiger partial charge >= 0.3 is 5.97 Å². The third kappa shape index (κ3) is 3.80. The molecule has 8 nitrogen and oxygen atoms in total. The normalized spacial score (nSPS) is 10.5. The molecule has 1 heterocycles. The standard InChI is InChI=1S/C20H20N4O4/c1-13-18(19(26)24(23(13)2)16-9-4-3-5-10-16)22-17(25)12-28-20(27)14-7-6-8-15(21)11-14/h3-11H,12,21H2,1-2H3,(H,22,25). The van der Waals surface area contributed by atoms with Gasteiger partial charge in [0.15, 0.2) is 6.61 Å². The Bertz CT molecular complexity index is 1080. The molecule has 0 spiro atoms.